The van der Waals surface area contributed by atoms with E-state index in [0.717, 1.165) is 22.2 Å². The van der Waals surface area contributed by atoms with Gasteiger partial charge >= 0.3 is 0 Å². The molecule has 9 nitrogen and oxygen atoms in total. The third-order valence-electron chi connectivity index (χ3n) is 5.20. The highest BCUT2D eigenvalue weighted by molar-refractivity contribution is 5.86. The lowest BCUT2D eigenvalue weighted by Gasteiger charge is -2.07. The molecule has 5 aromatic rings. The normalized spacial score (nSPS) is 10.9. The molecule has 5 rings (SSSR count). The van der Waals surface area contributed by atoms with E-state index in [0.29, 0.717) is 29.6 Å². The number of aromatic nitrogens is 5. The van der Waals surface area contributed by atoms with Gasteiger partial charge in [-0.3, -0.25) is 9.48 Å². The SMILES string of the molecule is C=CC(=O)NCc1cc(-c2nccc(Nc3ccc4c(cnn4Cc4cccc(F)c4)c3)n2)on1. The van der Waals surface area contributed by atoms with E-state index in [-0.39, 0.29) is 18.3 Å². The maximum Gasteiger partial charge on any atom is 0.243 e. The van der Waals surface area contributed by atoms with Crippen molar-refractivity contribution in [3.63, 3.8) is 0 Å². The van der Waals surface area contributed by atoms with Crippen LogP contribution in [-0.2, 0) is 17.9 Å². The first kappa shape index (κ1) is 22.0. The van der Waals surface area contributed by atoms with Crippen molar-refractivity contribution in [2.24, 2.45) is 0 Å². The van der Waals surface area contributed by atoms with Gasteiger partial charge in [0.15, 0.2) is 0 Å². The van der Waals surface area contributed by atoms with Gasteiger partial charge in [0.1, 0.15) is 17.3 Å². The van der Waals surface area contributed by atoms with E-state index >= 15 is 0 Å². The van der Waals surface area contributed by atoms with Crippen LogP contribution in [0.2, 0.25) is 0 Å². The van der Waals surface area contributed by atoms with E-state index in [2.05, 4.69) is 37.4 Å². The molecule has 0 saturated carbocycles. The van der Waals surface area contributed by atoms with Crippen LogP contribution in [0.3, 0.4) is 0 Å². The quantitative estimate of drug-likeness (QED) is 0.328. The van der Waals surface area contributed by atoms with E-state index in [9.17, 15) is 9.18 Å². The summed E-state index contributed by atoms with van der Waals surface area (Å²) < 4.78 is 20.7. The number of hydrogen-bond acceptors (Lipinski definition) is 7. The van der Waals surface area contributed by atoms with Crippen LogP contribution in [0.1, 0.15) is 11.3 Å². The molecular formula is C25H20FN7O2. The number of rotatable bonds is 8. The maximum absolute atomic E-state index is 13.5. The summed E-state index contributed by atoms with van der Waals surface area (Å²) in [6.45, 7) is 4.09. The fourth-order valence-electron chi connectivity index (χ4n) is 3.54. The van der Waals surface area contributed by atoms with E-state index in [1.54, 1.807) is 30.6 Å². The van der Waals surface area contributed by atoms with Crippen molar-refractivity contribution in [2.75, 3.05) is 5.32 Å². The second-order valence-electron chi connectivity index (χ2n) is 7.70. The van der Waals surface area contributed by atoms with Gasteiger partial charge < -0.3 is 15.2 Å². The summed E-state index contributed by atoms with van der Waals surface area (Å²) >= 11 is 0. The van der Waals surface area contributed by atoms with Gasteiger partial charge in [0.05, 0.1) is 24.8 Å². The molecule has 174 valence electrons. The summed E-state index contributed by atoms with van der Waals surface area (Å²) in [4.78, 5) is 20.1. The number of carbonyl (C=O) groups excluding carboxylic acids is 1. The first-order valence-corrected chi connectivity index (χ1v) is 10.7. The predicted molar refractivity (Wildman–Crippen MR) is 128 cm³/mol. The Bertz CT molecular complexity index is 1530. The molecule has 2 aromatic carbocycles. The highest BCUT2D eigenvalue weighted by Gasteiger charge is 2.12. The highest BCUT2D eigenvalue weighted by atomic mass is 19.1. The average molecular weight is 469 g/mol. The van der Waals surface area contributed by atoms with Crippen molar-refractivity contribution in [1.82, 2.24) is 30.2 Å². The van der Waals surface area contributed by atoms with Gasteiger partial charge in [-0.05, 0) is 48.0 Å². The van der Waals surface area contributed by atoms with Gasteiger partial charge in [-0.15, -0.1) is 0 Å². The molecule has 35 heavy (non-hydrogen) atoms. The van der Waals surface area contributed by atoms with Crippen molar-refractivity contribution in [2.45, 2.75) is 13.1 Å². The zero-order chi connectivity index (χ0) is 24.2. The minimum absolute atomic E-state index is 0.208. The number of carbonyl (C=O) groups is 1. The van der Waals surface area contributed by atoms with Crippen LogP contribution in [-0.4, -0.2) is 30.8 Å². The summed E-state index contributed by atoms with van der Waals surface area (Å²) in [5.41, 5.74) is 3.13. The lowest BCUT2D eigenvalue weighted by atomic mass is 10.2. The molecule has 0 atom stereocenters. The summed E-state index contributed by atoms with van der Waals surface area (Å²) in [5.74, 6) is 0.738. The molecule has 1 amide bonds. The van der Waals surface area contributed by atoms with Crippen molar-refractivity contribution in [1.29, 1.82) is 0 Å². The molecule has 10 heteroatoms. The summed E-state index contributed by atoms with van der Waals surface area (Å²) in [6, 6.07) is 15.7. The predicted octanol–water partition coefficient (Wildman–Crippen LogP) is 4.21. The molecule has 0 bridgehead atoms. The monoisotopic (exact) mass is 469 g/mol. The lowest BCUT2D eigenvalue weighted by molar-refractivity contribution is -0.116. The molecule has 0 fully saturated rings. The second-order valence-corrected chi connectivity index (χ2v) is 7.70. The van der Waals surface area contributed by atoms with Crippen molar-refractivity contribution < 1.29 is 13.7 Å². The molecule has 0 unspecified atom stereocenters. The van der Waals surface area contributed by atoms with Gasteiger partial charge in [0, 0.05) is 23.3 Å². The zero-order valence-corrected chi connectivity index (χ0v) is 18.5. The molecule has 3 heterocycles. The summed E-state index contributed by atoms with van der Waals surface area (Å²) in [7, 11) is 0. The largest absolute Gasteiger partial charge is 0.353 e. The Kier molecular flexibility index (Phi) is 6.00. The van der Waals surface area contributed by atoms with Crippen LogP contribution in [0.5, 0.6) is 0 Å². The van der Waals surface area contributed by atoms with Crippen LogP contribution in [0.15, 0.2) is 84.2 Å². The number of amides is 1. The Labute approximate surface area is 199 Å². The topological polar surface area (TPSA) is 111 Å². The van der Waals surface area contributed by atoms with Crippen LogP contribution in [0, 0.1) is 5.82 Å². The third kappa shape index (κ3) is 5.06. The number of anilines is 2. The molecule has 3 aromatic heterocycles. The molecule has 0 aliphatic rings. The molecule has 0 aliphatic heterocycles. The Morgan fingerprint density at radius 3 is 2.94 bits per heavy atom. The molecule has 2 N–H and O–H groups in total. The smallest absolute Gasteiger partial charge is 0.243 e. The Hall–Kier alpha value is -4.86. The first-order chi connectivity index (χ1) is 17.1. The van der Waals surface area contributed by atoms with Crippen LogP contribution in [0.25, 0.3) is 22.5 Å². The minimum Gasteiger partial charge on any atom is -0.353 e. The summed E-state index contributed by atoms with van der Waals surface area (Å²) in [6.07, 6.45) is 4.57. The fourth-order valence-corrected chi connectivity index (χ4v) is 3.54. The molecular weight excluding hydrogens is 449 g/mol. The van der Waals surface area contributed by atoms with Gasteiger partial charge in [0.2, 0.25) is 17.5 Å². The van der Waals surface area contributed by atoms with Gasteiger partial charge in [0.25, 0.3) is 0 Å². The van der Waals surface area contributed by atoms with Crippen LogP contribution < -0.4 is 10.6 Å². The number of fused-ring (bicyclic) bond motifs is 1. The fraction of sp³-hybridized carbons (Fsp3) is 0.0800. The number of halogens is 1. The number of benzene rings is 2. The van der Waals surface area contributed by atoms with Crippen molar-refractivity contribution in [3.8, 4) is 11.6 Å². The summed E-state index contributed by atoms with van der Waals surface area (Å²) in [5, 5.41) is 15.2. The molecule has 0 spiro atoms. The molecule has 0 aliphatic carbocycles. The lowest BCUT2D eigenvalue weighted by Crippen LogP contribution is -2.19. The van der Waals surface area contributed by atoms with E-state index < -0.39 is 0 Å². The van der Waals surface area contributed by atoms with Crippen molar-refractivity contribution in [3.05, 3.63) is 96.7 Å². The van der Waals surface area contributed by atoms with Crippen LogP contribution in [0.4, 0.5) is 15.9 Å². The molecule has 0 radical (unpaired) electrons. The van der Waals surface area contributed by atoms with E-state index in [1.165, 1.54) is 18.2 Å². The molecule has 0 saturated heterocycles. The minimum atomic E-state index is -0.298. The van der Waals surface area contributed by atoms with Crippen LogP contribution >= 0.6 is 0 Å². The van der Waals surface area contributed by atoms with Crippen molar-refractivity contribution >= 4 is 28.3 Å². The van der Waals surface area contributed by atoms with Gasteiger partial charge in [-0.25, -0.2) is 14.4 Å². The first-order valence-electron chi connectivity index (χ1n) is 10.7. The maximum atomic E-state index is 13.5. The zero-order valence-electron chi connectivity index (χ0n) is 18.5. The third-order valence-corrected chi connectivity index (χ3v) is 5.20. The number of nitrogens with one attached hydrogen (secondary N) is 2. The Morgan fingerprint density at radius 1 is 1.17 bits per heavy atom. The highest BCUT2D eigenvalue weighted by Crippen LogP contribution is 2.24. The van der Waals surface area contributed by atoms with E-state index in [1.807, 2.05) is 28.9 Å². The van der Waals surface area contributed by atoms with Gasteiger partial charge in [-0.2, -0.15) is 5.10 Å². The second kappa shape index (κ2) is 9.56. The Balaban J connectivity index is 1.31. The Morgan fingerprint density at radius 2 is 2.09 bits per heavy atom. The van der Waals surface area contributed by atoms with Gasteiger partial charge in [-0.1, -0.05) is 23.9 Å². The number of hydrogen-bond donors (Lipinski definition) is 2. The number of nitrogens with zero attached hydrogens (tertiary/aromatic N) is 5. The van der Waals surface area contributed by atoms with E-state index in [4.69, 9.17) is 4.52 Å². The standard InChI is InChI=1S/C25H20FN7O2/c1-2-24(34)28-14-20-12-22(35-32-20)25-27-9-8-23(31-25)30-19-6-7-21-17(11-19)13-29-33(21)15-16-4-3-5-18(26)10-16/h2-13H,1,14-15H2,(H,28,34)(H,27,30,31). The average Bonchev–Trinajstić information content (AvgIpc) is 3.50.